The Morgan fingerprint density at radius 3 is 2.89 bits per heavy atom. The molecule has 0 aromatic carbocycles. The van der Waals surface area contributed by atoms with Gasteiger partial charge >= 0.3 is 0 Å². The summed E-state index contributed by atoms with van der Waals surface area (Å²) >= 11 is 0. The largest absolute Gasteiger partial charge is 0.393 e. The molecular weight excluding hydrogens is 252 g/mol. The zero-order valence-electron chi connectivity index (χ0n) is 10.5. The third-order valence-corrected chi connectivity index (χ3v) is 4.84. The van der Waals surface area contributed by atoms with E-state index in [1.165, 1.54) is 0 Å². The molecular formula is C12H20N2O3S. The molecule has 0 bridgehead atoms. The van der Waals surface area contributed by atoms with E-state index in [-0.39, 0.29) is 12.0 Å². The Labute approximate surface area is 108 Å². The van der Waals surface area contributed by atoms with Crippen molar-refractivity contribution < 1.29 is 13.5 Å². The molecule has 2 unspecified atom stereocenters. The van der Waals surface area contributed by atoms with E-state index >= 15 is 0 Å². The summed E-state index contributed by atoms with van der Waals surface area (Å²) in [7, 11) is -1.62. The van der Waals surface area contributed by atoms with Gasteiger partial charge < -0.3 is 9.67 Å². The van der Waals surface area contributed by atoms with Crippen molar-refractivity contribution in [3.63, 3.8) is 0 Å². The number of aliphatic hydroxyl groups excluding tert-OH is 1. The third-order valence-electron chi connectivity index (χ3n) is 3.43. The van der Waals surface area contributed by atoms with Gasteiger partial charge in [0.05, 0.1) is 11.0 Å². The van der Waals surface area contributed by atoms with Crippen LogP contribution in [0.5, 0.6) is 0 Å². The van der Waals surface area contributed by atoms with Crippen molar-refractivity contribution in [3.8, 4) is 0 Å². The topological polar surface area (TPSA) is 71.3 Å². The van der Waals surface area contributed by atoms with Crippen molar-refractivity contribution in [3.05, 3.63) is 18.5 Å². The normalized spacial score (nSPS) is 25.2. The van der Waals surface area contributed by atoms with Crippen LogP contribution in [-0.4, -0.2) is 30.7 Å². The minimum Gasteiger partial charge on any atom is -0.393 e. The van der Waals surface area contributed by atoms with E-state index in [1.54, 1.807) is 30.1 Å². The monoisotopic (exact) mass is 272 g/mol. The van der Waals surface area contributed by atoms with Gasteiger partial charge in [0.2, 0.25) is 10.0 Å². The second-order valence-corrected chi connectivity index (χ2v) is 6.82. The van der Waals surface area contributed by atoms with Crippen LogP contribution in [0.2, 0.25) is 0 Å². The third kappa shape index (κ3) is 3.34. The van der Waals surface area contributed by atoms with Gasteiger partial charge in [0.1, 0.15) is 0 Å². The number of aromatic nitrogens is 1. The predicted octanol–water partition coefficient (Wildman–Crippen LogP) is 0.854. The standard InChI is InChI=1S/C12H20N2O3S/c1-14-6-5-12(9-14)18(16,17)13-8-10-3-2-4-11(15)7-10/h5-6,9-11,13,15H,2-4,7-8H2,1H3. The molecule has 1 aromatic heterocycles. The zero-order chi connectivity index (χ0) is 13.2. The lowest BCUT2D eigenvalue weighted by atomic mass is 9.87. The molecule has 2 N–H and O–H groups in total. The summed E-state index contributed by atoms with van der Waals surface area (Å²) in [5.41, 5.74) is 0. The van der Waals surface area contributed by atoms with E-state index in [1.807, 2.05) is 0 Å². The lowest BCUT2D eigenvalue weighted by molar-refractivity contribution is 0.102. The molecule has 2 rings (SSSR count). The highest BCUT2D eigenvalue weighted by Crippen LogP contribution is 2.24. The van der Waals surface area contributed by atoms with Gasteiger partial charge in [0.25, 0.3) is 0 Å². The van der Waals surface area contributed by atoms with Crippen LogP contribution >= 0.6 is 0 Å². The van der Waals surface area contributed by atoms with E-state index in [4.69, 9.17) is 0 Å². The SMILES string of the molecule is Cn1ccc(S(=O)(=O)NCC2CCCC(O)C2)c1. The number of nitrogens with zero attached hydrogens (tertiary/aromatic N) is 1. The Morgan fingerprint density at radius 1 is 1.50 bits per heavy atom. The zero-order valence-corrected chi connectivity index (χ0v) is 11.4. The van der Waals surface area contributed by atoms with Crippen molar-refractivity contribution in [2.45, 2.75) is 36.7 Å². The first-order chi connectivity index (χ1) is 8.47. The summed E-state index contributed by atoms with van der Waals surface area (Å²) in [6, 6.07) is 1.58. The fourth-order valence-corrected chi connectivity index (χ4v) is 3.56. The van der Waals surface area contributed by atoms with Gasteiger partial charge in [0.15, 0.2) is 0 Å². The van der Waals surface area contributed by atoms with Crippen LogP contribution < -0.4 is 4.72 Å². The number of aliphatic hydroxyl groups is 1. The van der Waals surface area contributed by atoms with Crippen LogP contribution in [-0.2, 0) is 17.1 Å². The maximum Gasteiger partial charge on any atom is 0.242 e. The van der Waals surface area contributed by atoms with Gasteiger partial charge in [-0.3, -0.25) is 0 Å². The van der Waals surface area contributed by atoms with Crippen LogP contribution in [0, 0.1) is 5.92 Å². The summed E-state index contributed by atoms with van der Waals surface area (Å²) in [6.45, 7) is 0.411. The Kier molecular flexibility index (Phi) is 4.09. The Bertz CT molecular complexity index is 495. The van der Waals surface area contributed by atoms with Gasteiger partial charge in [-0.15, -0.1) is 0 Å². The molecule has 1 fully saturated rings. The summed E-state index contributed by atoms with van der Waals surface area (Å²) < 4.78 is 28.3. The molecule has 1 saturated carbocycles. The van der Waals surface area contributed by atoms with Gasteiger partial charge in [0, 0.05) is 26.0 Å². The van der Waals surface area contributed by atoms with E-state index < -0.39 is 10.0 Å². The van der Waals surface area contributed by atoms with E-state index in [2.05, 4.69) is 4.72 Å². The van der Waals surface area contributed by atoms with Gasteiger partial charge in [-0.05, 0) is 31.2 Å². The second-order valence-electron chi connectivity index (χ2n) is 5.05. The van der Waals surface area contributed by atoms with Crippen LogP contribution in [0.4, 0.5) is 0 Å². The van der Waals surface area contributed by atoms with Crippen molar-refractivity contribution in [1.82, 2.24) is 9.29 Å². The quantitative estimate of drug-likeness (QED) is 0.854. The smallest absolute Gasteiger partial charge is 0.242 e. The fourth-order valence-electron chi connectivity index (χ4n) is 2.40. The molecule has 102 valence electrons. The van der Waals surface area contributed by atoms with Gasteiger partial charge in [-0.2, -0.15) is 0 Å². The molecule has 0 spiro atoms. The molecule has 18 heavy (non-hydrogen) atoms. The molecule has 0 amide bonds. The second kappa shape index (κ2) is 5.42. The number of aryl methyl sites for hydroxylation is 1. The van der Waals surface area contributed by atoms with Crippen LogP contribution in [0.3, 0.4) is 0 Å². The molecule has 6 heteroatoms. The number of hydrogen-bond donors (Lipinski definition) is 2. The molecule has 1 aliphatic rings. The van der Waals surface area contributed by atoms with E-state index in [0.717, 1.165) is 19.3 Å². The maximum atomic E-state index is 12.0. The number of hydrogen-bond acceptors (Lipinski definition) is 3. The average molecular weight is 272 g/mol. The first-order valence-electron chi connectivity index (χ1n) is 6.27. The Hall–Kier alpha value is -0.850. The lowest BCUT2D eigenvalue weighted by Gasteiger charge is -2.25. The van der Waals surface area contributed by atoms with Crippen molar-refractivity contribution in [2.24, 2.45) is 13.0 Å². The molecule has 1 heterocycles. The Balaban J connectivity index is 1.93. The summed E-state index contributed by atoms with van der Waals surface area (Å²) in [5.74, 6) is 0.243. The maximum absolute atomic E-state index is 12.0. The van der Waals surface area contributed by atoms with E-state index in [0.29, 0.717) is 17.9 Å². The molecule has 5 nitrogen and oxygen atoms in total. The molecule has 0 radical (unpaired) electrons. The number of sulfonamides is 1. The van der Waals surface area contributed by atoms with Gasteiger partial charge in [-0.25, -0.2) is 13.1 Å². The van der Waals surface area contributed by atoms with Crippen molar-refractivity contribution >= 4 is 10.0 Å². The fraction of sp³-hybridized carbons (Fsp3) is 0.667. The highest BCUT2D eigenvalue weighted by Gasteiger charge is 2.22. The minimum absolute atomic E-state index is 0.243. The lowest BCUT2D eigenvalue weighted by Crippen LogP contribution is -2.32. The molecule has 1 aliphatic carbocycles. The summed E-state index contributed by atoms with van der Waals surface area (Å²) in [6.07, 6.45) is 6.49. The molecule has 2 atom stereocenters. The predicted molar refractivity (Wildman–Crippen MR) is 68.6 cm³/mol. The van der Waals surface area contributed by atoms with Crippen LogP contribution in [0.25, 0.3) is 0 Å². The van der Waals surface area contributed by atoms with Crippen LogP contribution in [0.1, 0.15) is 25.7 Å². The van der Waals surface area contributed by atoms with Gasteiger partial charge in [-0.1, -0.05) is 6.42 Å². The van der Waals surface area contributed by atoms with Crippen molar-refractivity contribution in [2.75, 3.05) is 6.54 Å². The van der Waals surface area contributed by atoms with E-state index in [9.17, 15) is 13.5 Å². The molecule has 0 saturated heterocycles. The average Bonchev–Trinajstić information content (AvgIpc) is 2.74. The summed E-state index contributed by atoms with van der Waals surface area (Å²) in [4.78, 5) is 0.293. The Morgan fingerprint density at radius 2 is 2.28 bits per heavy atom. The number of nitrogens with one attached hydrogen (secondary N) is 1. The summed E-state index contributed by atoms with van der Waals surface area (Å²) in [5, 5.41) is 9.55. The van der Waals surface area contributed by atoms with Crippen molar-refractivity contribution in [1.29, 1.82) is 0 Å². The highest BCUT2D eigenvalue weighted by molar-refractivity contribution is 7.89. The highest BCUT2D eigenvalue weighted by atomic mass is 32.2. The molecule has 0 aliphatic heterocycles. The number of rotatable bonds is 4. The van der Waals surface area contributed by atoms with Crippen LogP contribution in [0.15, 0.2) is 23.4 Å². The minimum atomic E-state index is -3.41. The first kappa shape index (κ1) is 13.6. The first-order valence-corrected chi connectivity index (χ1v) is 7.75. The molecule has 1 aromatic rings.